The van der Waals surface area contributed by atoms with E-state index in [1.54, 1.807) is 0 Å². The highest BCUT2D eigenvalue weighted by atomic mass is 16.6. The smallest absolute Gasteiger partial charge is 0.151 e. The summed E-state index contributed by atoms with van der Waals surface area (Å²) in [6, 6.07) is 0. The number of aldehydes is 1. The first-order valence-corrected chi connectivity index (χ1v) is 2.95. The summed E-state index contributed by atoms with van der Waals surface area (Å²) < 4.78 is 0. The molecule has 0 radical (unpaired) electrons. The molecule has 0 aliphatic heterocycles. The van der Waals surface area contributed by atoms with E-state index in [0.29, 0.717) is 0 Å². The van der Waals surface area contributed by atoms with Crippen LogP contribution in [0.5, 0.6) is 0 Å². The van der Waals surface area contributed by atoms with Crippen molar-refractivity contribution >= 4 is 6.29 Å². The van der Waals surface area contributed by atoms with Crippen LogP contribution in [0.4, 0.5) is 0 Å². The third-order valence-corrected chi connectivity index (χ3v) is 1.22. The van der Waals surface area contributed by atoms with E-state index in [-0.39, 0.29) is 6.29 Å². The summed E-state index contributed by atoms with van der Waals surface area (Å²) in [5.41, 5.74) is 0. The first-order valence-electron chi connectivity index (χ1n) is 2.95. The van der Waals surface area contributed by atoms with Gasteiger partial charge in [0, 0.05) is 0 Å². The van der Waals surface area contributed by atoms with Gasteiger partial charge in [-0.3, -0.25) is 4.84 Å². The number of hydrogen-bond donors (Lipinski definition) is 4. The topological polar surface area (TPSA) is 113 Å². The molecule has 0 aromatic carbocycles. The minimum atomic E-state index is -1.59. The maximum absolute atomic E-state index is 9.89. The van der Waals surface area contributed by atoms with Crippen molar-refractivity contribution < 1.29 is 25.0 Å². The van der Waals surface area contributed by atoms with E-state index in [9.17, 15) is 4.79 Å². The van der Waals surface area contributed by atoms with Gasteiger partial charge in [-0.2, -0.15) is 0 Å². The molecule has 5 N–H and O–H groups in total. The molecule has 3 atom stereocenters. The predicted octanol–water partition coefficient (Wildman–Crippen LogP) is -2.84. The van der Waals surface area contributed by atoms with E-state index >= 15 is 0 Å². The quantitative estimate of drug-likeness (QED) is 0.258. The molecule has 0 aromatic heterocycles. The lowest BCUT2D eigenvalue weighted by atomic mass is 10.1. The average Bonchev–Trinajstić information content (AvgIpc) is 2.05. The number of carbonyl (C=O) groups excluding carboxylic acids is 1. The first kappa shape index (κ1) is 10.5. The Morgan fingerprint density at radius 1 is 1.55 bits per heavy atom. The molecule has 0 heterocycles. The van der Waals surface area contributed by atoms with Crippen molar-refractivity contribution in [2.24, 2.45) is 5.90 Å². The molecule has 6 nitrogen and oxygen atoms in total. The third-order valence-electron chi connectivity index (χ3n) is 1.22. The summed E-state index contributed by atoms with van der Waals surface area (Å²) in [5.74, 6) is 4.63. The molecule has 6 heteroatoms. The minimum absolute atomic E-state index is 0.131. The van der Waals surface area contributed by atoms with Crippen LogP contribution in [0, 0.1) is 0 Å². The zero-order valence-electron chi connectivity index (χ0n) is 5.75. The van der Waals surface area contributed by atoms with Gasteiger partial charge >= 0.3 is 0 Å². The van der Waals surface area contributed by atoms with Crippen LogP contribution < -0.4 is 5.90 Å². The molecule has 0 amide bonds. The van der Waals surface area contributed by atoms with E-state index in [4.69, 9.17) is 15.3 Å². The van der Waals surface area contributed by atoms with Crippen LogP contribution in [-0.2, 0) is 9.63 Å². The fraction of sp³-hybridized carbons (Fsp3) is 0.800. The van der Waals surface area contributed by atoms with Crippen molar-refractivity contribution in [3.05, 3.63) is 0 Å². The summed E-state index contributed by atoms with van der Waals surface area (Å²) in [6.07, 6.45) is -4.10. The molecule has 0 saturated carbocycles. The van der Waals surface area contributed by atoms with E-state index in [2.05, 4.69) is 10.7 Å². The van der Waals surface area contributed by atoms with E-state index in [1.165, 1.54) is 0 Å². The fourth-order valence-corrected chi connectivity index (χ4v) is 0.532. The fourth-order valence-electron chi connectivity index (χ4n) is 0.532. The molecule has 0 spiro atoms. The monoisotopic (exact) mass is 165 g/mol. The molecule has 0 saturated heterocycles. The van der Waals surface area contributed by atoms with Crippen molar-refractivity contribution in [2.45, 2.75) is 18.3 Å². The highest BCUT2D eigenvalue weighted by Gasteiger charge is 2.25. The Morgan fingerprint density at radius 3 is 2.36 bits per heavy atom. The van der Waals surface area contributed by atoms with Gasteiger partial charge in [0.2, 0.25) is 0 Å². The Labute approximate surface area is 63.2 Å². The maximum atomic E-state index is 9.89. The lowest BCUT2D eigenvalue weighted by Gasteiger charge is -2.19. The second-order valence-corrected chi connectivity index (χ2v) is 1.97. The Hall–Kier alpha value is -0.530. The van der Waals surface area contributed by atoms with Gasteiger partial charge in [-0.25, -0.2) is 5.90 Å². The predicted molar refractivity (Wildman–Crippen MR) is 34.2 cm³/mol. The Balaban J connectivity index is 3.95. The van der Waals surface area contributed by atoms with Crippen LogP contribution in [0.25, 0.3) is 0 Å². The first-order chi connectivity index (χ1) is 5.17. The normalized spacial score (nSPS) is 18.9. The Bertz CT molecular complexity index is 115. The SMILES string of the molecule is NOC(CO)C(O)C(O)C=O. The lowest BCUT2D eigenvalue weighted by Crippen LogP contribution is -2.43. The summed E-state index contributed by atoms with van der Waals surface area (Å²) in [4.78, 5) is 14.0. The molecule has 0 aliphatic carbocycles. The van der Waals surface area contributed by atoms with Gasteiger partial charge < -0.3 is 20.1 Å². The second-order valence-electron chi connectivity index (χ2n) is 1.97. The zero-order chi connectivity index (χ0) is 8.85. The zero-order valence-corrected chi connectivity index (χ0v) is 5.75. The molecule has 0 bridgehead atoms. The van der Waals surface area contributed by atoms with Gasteiger partial charge in [0.1, 0.15) is 18.3 Å². The van der Waals surface area contributed by atoms with E-state index < -0.39 is 24.9 Å². The van der Waals surface area contributed by atoms with Crippen molar-refractivity contribution in [3.8, 4) is 0 Å². The molecule has 0 fully saturated rings. The van der Waals surface area contributed by atoms with Crippen LogP contribution in [0.2, 0.25) is 0 Å². The van der Waals surface area contributed by atoms with Gasteiger partial charge in [-0.05, 0) is 0 Å². The van der Waals surface area contributed by atoms with Gasteiger partial charge in [-0.1, -0.05) is 0 Å². The summed E-state index contributed by atoms with van der Waals surface area (Å²) in [5, 5.41) is 26.1. The van der Waals surface area contributed by atoms with Gasteiger partial charge in [0.05, 0.1) is 6.61 Å². The molecule has 3 unspecified atom stereocenters. The number of carbonyl (C=O) groups is 1. The molecule has 0 rings (SSSR count). The summed E-state index contributed by atoms with van der Waals surface area (Å²) in [6.45, 7) is -0.567. The van der Waals surface area contributed by atoms with Crippen LogP contribution in [0.3, 0.4) is 0 Å². The van der Waals surface area contributed by atoms with E-state index in [0.717, 1.165) is 0 Å². The largest absolute Gasteiger partial charge is 0.393 e. The van der Waals surface area contributed by atoms with Gasteiger partial charge in [-0.15, -0.1) is 0 Å². The summed E-state index contributed by atoms with van der Waals surface area (Å²) >= 11 is 0. The molecule has 0 aliphatic rings. The van der Waals surface area contributed by atoms with Crippen LogP contribution >= 0.6 is 0 Å². The number of rotatable bonds is 5. The van der Waals surface area contributed by atoms with E-state index in [1.807, 2.05) is 0 Å². The molecule has 0 aromatic rings. The number of hydrogen-bond acceptors (Lipinski definition) is 6. The van der Waals surface area contributed by atoms with Gasteiger partial charge in [0.15, 0.2) is 6.29 Å². The Kier molecular flexibility index (Phi) is 4.92. The third kappa shape index (κ3) is 2.91. The van der Waals surface area contributed by atoms with Crippen molar-refractivity contribution in [1.29, 1.82) is 0 Å². The van der Waals surface area contributed by atoms with Crippen LogP contribution in [-0.4, -0.2) is 46.5 Å². The number of nitrogens with two attached hydrogens (primary N) is 1. The van der Waals surface area contributed by atoms with Crippen molar-refractivity contribution in [1.82, 2.24) is 0 Å². The average molecular weight is 165 g/mol. The molecular weight excluding hydrogens is 154 g/mol. The van der Waals surface area contributed by atoms with Crippen molar-refractivity contribution in [3.63, 3.8) is 0 Å². The highest BCUT2D eigenvalue weighted by molar-refractivity contribution is 5.56. The van der Waals surface area contributed by atoms with Gasteiger partial charge in [0.25, 0.3) is 0 Å². The van der Waals surface area contributed by atoms with Crippen LogP contribution in [0.1, 0.15) is 0 Å². The summed E-state index contributed by atoms with van der Waals surface area (Å²) in [7, 11) is 0. The van der Waals surface area contributed by atoms with Crippen molar-refractivity contribution in [2.75, 3.05) is 6.61 Å². The maximum Gasteiger partial charge on any atom is 0.151 e. The lowest BCUT2D eigenvalue weighted by molar-refractivity contribution is -0.134. The molecular formula is C5H11NO5. The molecule has 66 valence electrons. The Morgan fingerprint density at radius 2 is 2.09 bits per heavy atom. The number of aliphatic hydroxyl groups excluding tert-OH is 3. The van der Waals surface area contributed by atoms with Crippen LogP contribution in [0.15, 0.2) is 0 Å². The second kappa shape index (κ2) is 5.16. The highest BCUT2D eigenvalue weighted by Crippen LogP contribution is 1.99. The molecule has 11 heavy (non-hydrogen) atoms. The minimum Gasteiger partial charge on any atom is -0.393 e. The standard InChI is InChI=1S/C5H11NO5/c6-11-4(2-8)5(10)3(9)1-7/h1,3-5,8-10H,2,6H2. The number of aliphatic hydroxyl groups is 3.